The van der Waals surface area contributed by atoms with Gasteiger partial charge in [0.1, 0.15) is 5.82 Å². The van der Waals surface area contributed by atoms with Gasteiger partial charge >= 0.3 is 0 Å². The van der Waals surface area contributed by atoms with Crippen LogP contribution in [0.15, 0.2) is 54.7 Å². The Balaban J connectivity index is 1.29. The summed E-state index contributed by atoms with van der Waals surface area (Å²) in [5.41, 5.74) is 5.35. The molecule has 168 valence electrons. The minimum Gasteiger partial charge on any atom is -0.310 e. The third-order valence-corrected chi connectivity index (χ3v) is 7.34. The Labute approximate surface area is 194 Å². The Morgan fingerprint density at radius 1 is 1.18 bits per heavy atom. The van der Waals surface area contributed by atoms with Crippen molar-refractivity contribution in [2.75, 3.05) is 5.32 Å². The van der Waals surface area contributed by atoms with Gasteiger partial charge in [0.2, 0.25) is 5.91 Å². The predicted octanol–water partition coefficient (Wildman–Crippen LogP) is 5.49. The van der Waals surface area contributed by atoms with Crippen molar-refractivity contribution >= 4 is 17.5 Å². The van der Waals surface area contributed by atoms with E-state index in [0.717, 1.165) is 23.2 Å². The number of aromatic nitrogens is 2. The van der Waals surface area contributed by atoms with Gasteiger partial charge in [-0.05, 0) is 68.4 Å². The topological polar surface area (TPSA) is 72.0 Å². The summed E-state index contributed by atoms with van der Waals surface area (Å²) in [6.45, 7) is 6.05. The Hall–Kier alpha value is -3.34. The van der Waals surface area contributed by atoms with Crippen molar-refractivity contribution in [2.45, 2.75) is 63.7 Å². The SMILES string of the molecule is Cc1cc(CCC(=O)c2ccc([C@@H](C)[C@@]3(C)C(=O)Nc4ncccc43)cc2)cc(C2CC2)n1. The van der Waals surface area contributed by atoms with Crippen LogP contribution in [0, 0.1) is 6.92 Å². The number of carbonyl (C=O) groups is 2. The average Bonchev–Trinajstić information content (AvgIpc) is 3.64. The molecule has 2 aliphatic rings. The molecule has 1 amide bonds. The molecule has 33 heavy (non-hydrogen) atoms. The van der Waals surface area contributed by atoms with Gasteiger partial charge in [-0.3, -0.25) is 14.6 Å². The van der Waals surface area contributed by atoms with Crippen LogP contribution in [-0.4, -0.2) is 21.7 Å². The summed E-state index contributed by atoms with van der Waals surface area (Å²) in [5.74, 6) is 1.28. The molecule has 1 aliphatic heterocycles. The third-order valence-electron chi connectivity index (χ3n) is 7.34. The molecule has 1 aromatic carbocycles. The lowest BCUT2D eigenvalue weighted by molar-refractivity contribution is -0.120. The van der Waals surface area contributed by atoms with Gasteiger partial charge in [-0.25, -0.2) is 4.98 Å². The number of benzene rings is 1. The van der Waals surface area contributed by atoms with Crippen LogP contribution in [-0.2, 0) is 16.6 Å². The summed E-state index contributed by atoms with van der Waals surface area (Å²) in [5, 5.41) is 2.91. The van der Waals surface area contributed by atoms with E-state index in [1.54, 1.807) is 6.20 Å². The summed E-state index contributed by atoms with van der Waals surface area (Å²) in [7, 11) is 0. The van der Waals surface area contributed by atoms with E-state index in [-0.39, 0.29) is 17.6 Å². The first kappa shape index (κ1) is 21.5. The van der Waals surface area contributed by atoms with Gasteiger partial charge < -0.3 is 5.32 Å². The molecule has 5 nitrogen and oxygen atoms in total. The quantitative estimate of drug-likeness (QED) is 0.494. The smallest absolute Gasteiger partial charge is 0.236 e. The number of ketones is 1. The highest BCUT2D eigenvalue weighted by molar-refractivity contribution is 6.05. The number of pyridine rings is 2. The molecule has 1 N–H and O–H groups in total. The van der Waals surface area contributed by atoms with Gasteiger partial charge in [0.25, 0.3) is 0 Å². The molecule has 3 aromatic rings. The maximum Gasteiger partial charge on any atom is 0.236 e. The zero-order valence-electron chi connectivity index (χ0n) is 19.4. The van der Waals surface area contributed by atoms with Crippen LogP contribution in [0.1, 0.15) is 83.4 Å². The summed E-state index contributed by atoms with van der Waals surface area (Å²) in [6, 6.07) is 15.8. The van der Waals surface area contributed by atoms with Crippen LogP contribution >= 0.6 is 0 Å². The van der Waals surface area contributed by atoms with Crippen LogP contribution in [0.4, 0.5) is 5.82 Å². The zero-order chi connectivity index (χ0) is 23.2. The van der Waals surface area contributed by atoms with E-state index in [4.69, 9.17) is 0 Å². The van der Waals surface area contributed by atoms with E-state index in [1.165, 1.54) is 24.1 Å². The fourth-order valence-electron chi connectivity index (χ4n) is 4.91. The molecule has 3 heterocycles. The summed E-state index contributed by atoms with van der Waals surface area (Å²) in [4.78, 5) is 34.7. The second-order valence-corrected chi connectivity index (χ2v) is 9.64. The molecule has 0 unspecified atom stereocenters. The normalized spacial score (nSPS) is 20.3. The number of carbonyl (C=O) groups excluding carboxylic acids is 2. The lowest BCUT2D eigenvalue weighted by Gasteiger charge is -2.30. The first-order valence-corrected chi connectivity index (χ1v) is 11.7. The van der Waals surface area contributed by atoms with E-state index < -0.39 is 5.41 Å². The standard InChI is InChI=1S/C28H29N3O2/c1-17-15-19(16-24(30-17)21-9-10-21)6-13-25(32)22-11-7-20(8-12-22)18(2)28(3)23-5-4-14-29-26(23)31-27(28)33/h4-5,7-8,11-12,14-16,18,21H,6,9-10,13H2,1-3H3,(H,29,31,33)/t18-,28-/m1/s1. The van der Waals surface area contributed by atoms with Gasteiger partial charge in [0.15, 0.2) is 5.78 Å². The van der Waals surface area contributed by atoms with Crippen molar-refractivity contribution in [3.63, 3.8) is 0 Å². The Kier molecular flexibility index (Phi) is 5.35. The van der Waals surface area contributed by atoms with Crippen LogP contribution in [0.5, 0.6) is 0 Å². The fraction of sp³-hybridized carbons (Fsp3) is 0.357. The molecule has 0 bridgehead atoms. The number of hydrogen-bond donors (Lipinski definition) is 1. The molecule has 1 fully saturated rings. The Morgan fingerprint density at radius 3 is 2.67 bits per heavy atom. The van der Waals surface area contributed by atoms with E-state index in [0.29, 0.717) is 23.7 Å². The maximum absolute atomic E-state index is 12.9. The average molecular weight is 440 g/mol. The number of amides is 1. The second-order valence-electron chi connectivity index (χ2n) is 9.64. The lowest BCUT2D eigenvalue weighted by atomic mass is 9.71. The second kappa shape index (κ2) is 8.22. The highest BCUT2D eigenvalue weighted by Gasteiger charge is 2.47. The fourth-order valence-corrected chi connectivity index (χ4v) is 4.91. The number of hydrogen-bond acceptors (Lipinski definition) is 4. The first-order valence-electron chi connectivity index (χ1n) is 11.7. The zero-order valence-corrected chi connectivity index (χ0v) is 19.4. The highest BCUT2D eigenvalue weighted by atomic mass is 16.2. The van der Waals surface area contributed by atoms with E-state index in [2.05, 4.69) is 34.3 Å². The van der Waals surface area contributed by atoms with Crippen LogP contribution in [0.2, 0.25) is 0 Å². The Morgan fingerprint density at radius 2 is 1.94 bits per heavy atom. The lowest BCUT2D eigenvalue weighted by Crippen LogP contribution is -2.36. The monoisotopic (exact) mass is 439 g/mol. The van der Waals surface area contributed by atoms with E-state index in [9.17, 15) is 9.59 Å². The van der Waals surface area contributed by atoms with Gasteiger partial charge in [-0.15, -0.1) is 0 Å². The van der Waals surface area contributed by atoms with Crippen molar-refractivity contribution in [1.82, 2.24) is 9.97 Å². The molecule has 0 radical (unpaired) electrons. The predicted molar refractivity (Wildman–Crippen MR) is 129 cm³/mol. The molecule has 2 aromatic heterocycles. The number of rotatable bonds is 7. The van der Waals surface area contributed by atoms with Crippen molar-refractivity contribution in [3.05, 3.63) is 88.4 Å². The van der Waals surface area contributed by atoms with Crippen LogP contribution < -0.4 is 5.32 Å². The maximum atomic E-state index is 12.9. The van der Waals surface area contributed by atoms with Gasteiger partial charge in [0.05, 0.1) is 5.41 Å². The van der Waals surface area contributed by atoms with Crippen molar-refractivity contribution in [2.24, 2.45) is 0 Å². The number of aryl methyl sites for hydroxylation is 2. The summed E-state index contributed by atoms with van der Waals surface area (Å²) < 4.78 is 0. The number of nitrogens with one attached hydrogen (secondary N) is 1. The first-order chi connectivity index (χ1) is 15.9. The minimum absolute atomic E-state index is 0.0398. The van der Waals surface area contributed by atoms with Crippen molar-refractivity contribution in [3.8, 4) is 0 Å². The highest BCUT2D eigenvalue weighted by Crippen LogP contribution is 2.46. The van der Waals surface area contributed by atoms with Crippen molar-refractivity contribution < 1.29 is 9.59 Å². The molecule has 1 saturated carbocycles. The minimum atomic E-state index is -0.701. The number of Topliss-reactive ketones (excluding diaryl/α,β-unsaturated/α-hetero) is 1. The van der Waals surface area contributed by atoms with Gasteiger partial charge in [-0.2, -0.15) is 0 Å². The van der Waals surface area contributed by atoms with E-state index >= 15 is 0 Å². The molecule has 5 heteroatoms. The summed E-state index contributed by atoms with van der Waals surface area (Å²) in [6.07, 6.45) is 5.34. The molecular weight excluding hydrogens is 410 g/mol. The Bertz CT molecular complexity index is 1230. The van der Waals surface area contributed by atoms with Gasteiger partial charge in [-0.1, -0.05) is 37.3 Å². The third kappa shape index (κ3) is 3.97. The number of fused-ring (bicyclic) bond motifs is 1. The van der Waals surface area contributed by atoms with E-state index in [1.807, 2.05) is 50.2 Å². The van der Waals surface area contributed by atoms with Crippen LogP contribution in [0.3, 0.4) is 0 Å². The van der Waals surface area contributed by atoms with Crippen molar-refractivity contribution in [1.29, 1.82) is 0 Å². The van der Waals surface area contributed by atoms with Gasteiger partial charge in [0, 0.05) is 41.1 Å². The molecule has 2 atom stereocenters. The largest absolute Gasteiger partial charge is 0.310 e. The number of anilines is 1. The molecule has 1 aliphatic carbocycles. The molecule has 0 spiro atoms. The number of nitrogens with zero attached hydrogens (tertiary/aromatic N) is 2. The molecular formula is C28H29N3O2. The summed E-state index contributed by atoms with van der Waals surface area (Å²) >= 11 is 0. The van der Waals surface area contributed by atoms with Crippen LogP contribution in [0.25, 0.3) is 0 Å². The molecule has 0 saturated heterocycles. The molecule has 5 rings (SSSR count).